The molecule has 2 aromatic carbocycles. The van der Waals surface area contributed by atoms with Crippen LogP contribution in [0.2, 0.25) is 5.02 Å². The van der Waals surface area contributed by atoms with Crippen LogP contribution >= 0.6 is 11.6 Å². The first-order chi connectivity index (χ1) is 19.0. The van der Waals surface area contributed by atoms with Crippen LogP contribution in [0, 0.1) is 0 Å². The highest BCUT2D eigenvalue weighted by Gasteiger charge is 2.51. The molecular formula is C32H48BClN4O2. The maximum absolute atomic E-state index is 6.86. The molecule has 0 atom stereocenters. The minimum atomic E-state index is -0.392. The summed E-state index contributed by atoms with van der Waals surface area (Å²) in [7, 11) is 1.84. The molecule has 2 N–H and O–H groups in total. The Morgan fingerprint density at radius 3 is 2.12 bits per heavy atom. The van der Waals surface area contributed by atoms with Crippen LogP contribution in [-0.2, 0) is 28.6 Å². The SMILES string of the molecule is CCc1cc(Cl)c(CCc2cc(B3OC(C)(C)C(C)(C)O3)ccc2N)cc1N1CCC(N2CCN(C)CC2)CC1. The number of nitrogens with two attached hydrogens (primary N) is 1. The van der Waals surface area contributed by atoms with Crippen molar-refractivity contribution in [2.24, 2.45) is 0 Å². The van der Waals surface area contributed by atoms with Gasteiger partial charge in [0.05, 0.1) is 11.2 Å². The maximum atomic E-state index is 6.86. The van der Waals surface area contributed by atoms with Crippen LogP contribution in [-0.4, -0.2) is 80.5 Å². The van der Waals surface area contributed by atoms with Gasteiger partial charge >= 0.3 is 7.12 Å². The molecule has 3 heterocycles. The third kappa shape index (κ3) is 6.19. The van der Waals surface area contributed by atoms with Gasteiger partial charge in [0.25, 0.3) is 0 Å². The van der Waals surface area contributed by atoms with Crippen molar-refractivity contribution >= 4 is 35.6 Å². The first kappa shape index (κ1) is 29.7. The van der Waals surface area contributed by atoms with Gasteiger partial charge < -0.3 is 24.8 Å². The first-order valence-corrected chi connectivity index (χ1v) is 15.6. The number of aryl methyl sites for hydroxylation is 3. The van der Waals surface area contributed by atoms with Crippen molar-refractivity contribution < 1.29 is 9.31 Å². The second-order valence-corrected chi connectivity index (χ2v) is 13.4. The van der Waals surface area contributed by atoms with Gasteiger partial charge in [0.1, 0.15) is 0 Å². The average molecular weight is 567 g/mol. The van der Waals surface area contributed by atoms with Gasteiger partial charge in [0, 0.05) is 61.7 Å². The molecule has 3 saturated heterocycles. The fourth-order valence-corrected chi connectivity index (χ4v) is 6.59. The summed E-state index contributed by atoms with van der Waals surface area (Å²) in [5.41, 5.74) is 12.5. The molecule has 3 aliphatic heterocycles. The highest BCUT2D eigenvalue weighted by atomic mass is 35.5. The largest absolute Gasteiger partial charge is 0.494 e. The highest BCUT2D eigenvalue weighted by Crippen LogP contribution is 2.37. The van der Waals surface area contributed by atoms with Gasteiger partial charge in [-0.15, -0.1) is 0 Å². The molecule has 2 aromatic rings. The molecule has 40 heavy (non-hydrogen) atoms. The van der Waals surface area contributed by atoms with Crippen LogP contribution in [0.4, 0.5) is 11.4 Å². The Morgan fingerprint density at radius 2 is 1.50 bits per heavy atom. The number of anilines is 2. The molecule has 0 amide bonds. The Morgan fingerprint density at radius 1 is 0.875 bits per heavy atom. The number of hydrogen-bond donors (Lipinski definition) is 1. The van der Waals surface area contributed by atoms with Gasteiger partial charge in [-0.1, -0.05) is 30.7 Å². The van der Waals surface area contributed by atoms with Crippen LogP contribution < -0.4 is 16.1 Å². The normalized spacial score (nSPS) is 22.3. The molecule has 0 radical (unpaired) electrons. The number of benzene rings is 2. The lowest BCUT2D eigenvalue weighted by Gasteiger charge is -2.43. The van der Waals surface area contributed by atoms with Gasteiger partial charge in [-0.3, -0.25) is 4.90 Å². The number of nitrogens with zero attached hydrogens (tertiary/aromatic N) is 3. The Hall–Kier alpha value is -1.77. The smallest absolute Gasteiger partial charge is 0.399 e. The van der Waals surface area contributed by atoms with Crippen LogP contribution in [0.1, 0.15) is 64.2 Å². The summed E-state index contributed by atoms with van der Waals surface area (Å²) < 4.78 is 12.6. The summed E-state index contributed by atoms with van der Waals surface area (Å²) >= 11 is 6.86. The molecule has 6 nitrogen and oxygen atoms in total. The Bertz CT molecular complexity index is 1170. The minimum absolute atomic E-state index is 0.372. The van der Waals surface area contributed by atoms with E-state index in [2.05, 4.69) is 74.6 Å². The van der Waals surface area contributed by atoms with E-state index < -0.39 is 7.12 Å². The molecule has 3 fully saturated rings. The fourth-order valence-electron chi connectivity index (χ4n) is 6.31. The van der Waals surface area contributed by atoms with E-state index in [-0.39, 0.29) is 11.2 Å². The van der Waals surface area contributed by atoms with Crippen LogP contribution in [0.25, 0.3) is 0 Å². The second-order valence-electron chi connectivity index (χ2n) is 13.0. The van der Waals surface area contributed by atoms with Crippen molar-refractivity contribution in [1.29, 1.82) is 0 Å². The molecule has 0 aromatic heterocycles. The predicted molar refractivity (Wildman–Crippen MR) is 169 cm³/mol. The van der Waals surface area contributed by atoms with E-state index in [1.54, 1.807) is 0 Å². The van der Waals surface area contributed by atoms with E-state index in [1.165, 1.54) is 55.8 Å². The van der Waals surface area contributed by atoms with E-state index in [0.29, 0.717) is 6.04 Å². The molecule has 0 unspecified atom stereocenters. The number of likely N-dealkylation sites (N-methyl/N-ethyl adjacent to an activating group) is 1. The molecule has 0 aliphatic carbocycles. The number of nitrogen functional groups attached to an aromatic ring is 1. The lowest BCUT2D eigenvalue weighted by Crippen LogP contribution is -2.52. The van der Waals surface area contributed by atoms with Crippen molar-refractivity contribution in [3.8, 4) is 0 Å². The van der Waals surface area contributed by atoms with Crippen molar-refractivity contribution in [2.45, 2.75) is 84.0 Å². The summed E-state index contributed by atoms with van der Waals surface area (Å²) in [5.74, 6) is 0. The summed E-state index contributed by atoms with van der Waals surface area (Å²) in [6, 6.07) is 11.4. The van der Waals surface area contributed by atoms with Gasteiger partial charge in [0.15, 0.2) is 0 Å². The Labute approximate surface area is 247 Å². The standard InChI is InChI=1S/C32H48BClN4O2/c1-7-23-21-28(34)24(22-30(23)38-14-12-27(13-15-38)37-18-16-36(6)17-19-37)8-9-25-20-26(10-11-29(25)35)33-39-31(2,3)32(4,5)40-33/h10-11,20-22,27H,7-9,12-19,35H2,1-6H3. The van der Waals surface area contributed by atoms with Crippen molar-refractivity contribution in [2.75, 3.05) is 56.9 Å². The van der Waals surface area contributed by atoms with Crippen LogP contribution in [0.5, 0.6) is 0 Å². The lowest BCUT2D eigenvalue weighted by atomic mass is 9.78. The van der Waals surface area contributed by atoms with E-state index in [1.807, 2.05) is 12.1 Å². The maximum Gasteiger partial charge on any atom is 0.494 e. The molecule has 218 valence electrons. The van der Waals surface area contributed by atoms with Crippen LogP contribution in [0.15, 0.2) is 30.3 Å². The molecule has 0 saturated carbocycles. The summed E-state index contributed by atoms with van der Waals surface area (Å²) in [6.45, 7) is 17.5. The fraction of sp³-hybridized carbons (Fsp3) is 0.625. The molecule has 0 bridgehead atoms. The van der Waals surface area contributed by atoms with E-state index >= 15 is 0 Å². The van der Waals surface area contributed by atoms with Crippen molar-refractivity contribution in [3.63, 3.8) is 0 Å². The third-order valence-corrected chi connectivity index (χ3v) is 10.2. The Kier molecular flexibility index (Phi) is 8.80. The van der Waals surface area contributed by atoms with Crippen molar-refractivity contribution in [1.82, 2.24) is 9.80 Å². The zero-order valence-corrected chi connectivity index (χ0v) is 26.2. The first-order valence-electron chi connectivity index (χ1n) is 15.2. The summed E-state index contributed by atoms with van der Waals surface area (Å²) in [5, 5.41) is 0.855. The van der Waals surface area contributed by atoms with E-state index in [0.717, 1.165) is 54.1 Å². The summed E-state index contributed by atoms with van der Waals surface area (Å²) in [4.78, 5) is 7.75. The molecule has 0 spiro atoms. The third-order valence-electron chi connectivity index (χ3n) is 9.84. The average Bonchev–Trinajstić information content (AvgIpc) is 3.15. The van der Waals surface area contributed by atoms with Gasteiger partial charge in [-0.05, 0) is 107 Å². The zero-order chi connectivity index (χ0) is 28.7. The number of hydrogen-bond acceptors (Lipinski definition) is 6. The van der Waals surface area contributed by atoms with E-state index in [9.17, 15) is 0 Å². The minimum Gasteiger partial charge on any atom is -0.399 e. The number of rotatable bonds is 7. The van der Waals surface area contributed by atoms with E-state index in [4.69, 9.17) is 26.6 Å². The number of piperazine rings is 1. The van der Waals surface area contributed by atoms with Gasteiger partial charge in [-0.2, -0.15) is 0 Å². The lowest BCUT2D eigenvalue weighted by molar-refractivity contribution is 0.00578. The second kappa shape index (κ2) is 11.8. The number of halogens is 1. The van der Waals surface area contributed by atoms with Gasteiger partial charge in [0.2, 0.25) is 0 Å². The Balaban J connectivity index is 1.27. The molecule has 5 rings (SSSR count). The quantitative estimate of drug-likeness (QED) is 0.384. The van der Waals surface area contributed by atoms with Crippen molar-refractivity contribution in [3.05, 3.63) is 52.0 Å². The summed E-state index contributed by atoms with van der Waals surface area (Å²) in [6.07, 6.45) is 5.09. The highest BCUT2D eigenvalue weighted by molar-refractivity contribution is 6.62. The monoisotopic (exact) mass is 566 g/mol. The predicted octanol–water partition coefficient (Wildman–Crippen LogP) is 4.79. The zero-order valence-electron chi connectivity index (χ0n) is 25.4. The topological polar surface area (TPSA) is 54.2 Å². The van der Waals surface area contributed by atoms with Gasteiger partial charge in [-0.25, -0.2) is 0 Å². The molecule has 8 heteroatoms. The number of piperidine rings is 1. The molecule has 3 aliphatic rings. The van der Waals surface area contributed by atoms with Crippen LogP contribution in [0.3, 0.4) is 0 Å². The molecular weight excluding hydrogens is 519 g/mol.